The molecule has 3 aromatic rings. The lowest BCUT2D eigenvalue weighted by molar-refractivity contribution is 0.103. The SMILES string of the molecule is COCCCn1c2c(c(=O)[nH]c1=O)[C@@H](c1ccc(SC)cc1)C1=C(N2)c2ccccc2C1=O. The van der Waals surface area contributed by atoms with E-state index < -0.39 is 17.2 Å². The van der Waals surface area contributed by atoms with Crippen LogP contribution in [0.15, 0.2) is 68.6 Å². The Kier molecular flexibility index (Phi) is 5.55. The van der Waals surface area contributed by atoms with Gasteiger partial charge in [-0.05, 0) is 30.4 Å². The number of fused-ring (bicyclic) bond motifs is 3. The number of benzene rings is 2. The molecule has 0 spiro atoms. The first kappa shape index (κ1) is 21.5. The van der Waals surface area contributed by atoms with Gasteiger partial charge in [-0.3, -0.25) is 19.1 Å². The van der Waals surface area contributed by atoms with Gasteiger partial charge in [-0.2, -0.15) is 0 Å². The number of ether oxygens (including phenoxy) is 1. The maximum Gasteiger partial charge on any atom is 0.329 e. The van der Waals surface area contributed by atoms with Gasteiger partial charge in [0.25, 0.3) is 5.56 Å². The van der Waals surface area contributed by atoms with Crippen LogP contribution in [-0.4, -0.2) is 35.3 Å². The number of carbonyl (C=O) groups excluding carboxylic acids is 1. The Morgan fingerprint density at radius 3 is 2.45 bits per heavy atom. The number of rotatable bonds is 6. The van der Waals surface area contributed by atoms with E-state index in [1.807, 2.05) is 48.7 Å². The molecule has 2 N–H and O–H groups in total. The summed E-state index contributed by atoms with van der Waals surface area (Å²) >= 11 is 1.62. The minimum Gasteiger partial charge on any atom is -0.385 e. The molecular formula is C25H23N3O4S. The number of hydrogen-bond acceptors (Lipinski definition) is 6. The molecule has 8 heteroatoms. The van der Waals surface area contributed by atoms with Crippen molar-refractivity contribution in [1.82, 2.24) is 9.55 Å². The van der Waals surface area contributed by atoms with Crippen molar-refractivity contribution >= 4 is 29.1 Å². The molecule has 2 aliphatic rings. The number of aromatic amines is 1. The van der Waals surface area contributed by atoms with Crippen LogP contribution in [0, 0.1) is 0 Å². The average molecular weight is 462 g/mol. The van der Waals surface area contributed by atoms with Crippen molar-refractivity contribution in [2.45, 2.75) is 23.8 Å². The molecule has 5 rings (SSSR count). The van der Waals surface area contributed by atoms with Crippen molar-refractivity contribution in [3.8, 4) is 0 Å². The Bertz CT molecular complexity index is 1400. The van der Waals surface area contributed by atoms with Gasteiger partial charge in [0.1, 0.15) is 5.82 Å². The smallest absolute Gasteiger partial charge is 0.329 e. The quantitative estimate of drug-likeness (QED) is 0.431. The third kappa shape index (κ3) is 3.46. The summed E-state index contributed by atoms with van der Waals surface area (Å²) in [6, 6.07) is 15.3. The predicted octanol–water partition coefficient (Wildman–Crippen LogP) is 3.46. The number of aromatic nitrogens is 2. The Balaban J connectivity index is 1.77. The van der Waals surface area contributed by atoms with E-state index >= 15 is 0 Å². The number of anilines is 1. The molecule has 2 aromatic carbocycles. The molecule has 1 aromatic heterocycles. The Hall–Kier alpha value is -3.36. The van der Waals surface area contributed by atoms with E-state index in [9.17, 15) is 14.4 Å². The summed E-state index contributed by atoms with van der Waals surface area (Å²) in [4.78, 5) is 43.0. The lowest BCUT2D eigenvalue weighted by Crippen LogP contribution is -2.38. The lowest BCUT2D eigenvalue weighted by atomic mass is 9.81. The summed E-state index contributed by atoms with van der Waals surface area (Å²) in [5, 5.41) is 3.30. The number of nitrogens with zero attached hydrogens (tertiary/aromatic N) is 1. The minimum absolute atomic E-state index is 0.103. The molecule has 1 aliphatic carbocycles. The Morgan fingerprint density at radius 1 is 1.03 bits per heavy atom. The predicted molar refractivity (Wildman–Crippen MR) is 129 cm³/mol. The van der Waals surface area contributed by atoms with Crippen molar-refractivity contribution in [1.29, 1.82) is 0 Å². The van der Waals surface area contributed by atoms with Crippen molar-refractivity contribution in [2.75, 3.05) is 25.3 Å². The third-order valence-corrected chi connectivity index (χ3v) is 6.93. The summed E-state index contributed by atoms with van der Waals surface area (Å²) in [5.41, 5.74) is 2.81. The van der Waals surface area contributed by atoms with E-state index in [1.165, 1.54) is 4.57 Å². The summed E-state index contributed by atoms with van der Waals surface area (Å²) < 4.78 is 6.69. The summed E-state index contributed by atoms with van der Waals surface area (Å²) in [6.45, 7) is 0.851. The van der Waals surface area contributed by atoms with Crippen LogP contribution < -0.4 is 16.6 Å². The van der Waals surface area contributed by atoms with Gasteiger partial charge in [0.15, 0.2) is 5.78 Å². The largest absolute Gasteiger partial charge is 0.385 e. The van der Waals surface area contributed by atoms with E-state index in [-0.39, 0.29) is 5.78 Å². The van der Waals surface area contributed by atoms with Gasteiger partial charge in [-0.1, -0.05) is 36.4 Å². The van der Waals surface area contributed by atoms with Gasteiger partial charge in [-0.15, -0.1) is 11.8 Å². The molecule has 0 fully saturated rings. The number of methoxy groups -OCH3 is 1. The molecule has 0 saturated carbocycles. The van der Waals surface area contributed by atoms with Crippen LogP contribution in [0.3, 0.4) is 0 Å². The first-order chi connectivity index (χ1) is 16.0. The van der Waals surface area contributed by atoms with Crippen LogP contribution in [-0.2, 0) is 11.3 Å². The van der Waals surface area contributed by atoms with Crippen LogP contribution >= 0.6 is 11.8 Å². The van der Waals surface area contributed by atoms with Gasteiger partial charge >= 0.3 is 5.69 Å². The number of hydrogen-bond donors (Lipinski definition) is 2. The van der Waals surface area contributed by atoms with Crippen molar-refractivity contribution < 1.29 is 9.53 Å². The standard InChI is InChI=1S/C25H23N3O4S/c1-32-13-5-12-28-23-20(24(30)27-25(28)31)18(14-8-10-15(33-2)11-9-14)19-21(26-23)16-6-3-4-7-17(16)22(19)29/h3-4,6-11,18,26H,5,12-13H2,1-2H3,(H,27,30,31)/t18-/m0/s1. The maximum atomic E-state index is 13.5. The summed E-state index contributed by atoms with van der Waals surface area (Å²) in [5.74, 6) is -0.263. The zero-order valence-electron chi connectivity index (χ0n) is 18.3. The summed E-state index contributed by atoms with van der Waals surface area (Å²) in [7, 11) is 1.61. The fourth-order valence-electron chi connectivity index (χ4n) is 4.67. The van der Waals surface area contributed by atoms with Gasteiger partial charge in [0.05, 0.1) is 11.3 Å². The van der Waals surface area contributed by atoms with Crippen LogP contribution in [0.5, 0.6) is 0 Å². The van der Waals surface area contributed by atoms with Crippen molar-refractivity contribution in [2.24, 2.45) is 0 Å². The zero-order chi connectivity index (χ0) is 23.1. The van der Waals surface area contributed by atoms with Crippen LogP contribution in [0.25, 0.3) is 5.70 Å². The zero-order valence-corrected chi connectivity index (χ0v) is 19.1. The monoisotopic (exact) mass is 461 g/mol. The van der Waals surface area contributed by atoms with E-state index in [2.05, 4.69) is 10.3 Å². The average Bonchev–Trinajstić information content (AvgIpc) is 3.12. The molecule has 0 saturated heterocycles. The number of allylic oxidation sites excluding steroid dienone is 1. The number of carbonyl (C=O) groups is 1. The molecule has 0 amide bonds. The molecule has 0 bridgehead atoms. The normalized spacial score (nSPS) is 16.3. The molecule has 7 nitrogen and oxygen atoms in total. The molecule has 168 valence electrons. The van der Waals surface area contributed by atoms with Gasteiger partial charge in [-0.25, -0.2) is 4.79 Å². The summed E-state index contributed by atoms with van der Waals surface area (Å²) in [6.07, 6.45) is 2.60. The molecule has 33 heavy (non-hydrogen) atoms. The fraction of sp³-hybridized carbons (Fsp3) is 0.240. The number of ketones is 1. The van der Waals surface area contributed by atoms with Gasteiger partial charge in [0, 0.05) is 47.8 Å². The van der Waals surface area contributed by atoms with Crippen LogP contribution in [0.4, 0.5) is 5.82 Å². The number of Topliss-reactive ketones (excluding diaryl/α,β-unsaturated/α-hetero) is 1. The van der Waals surface area contributed by atoms with E-state index in [0.29, 0.717) is 47.8 Å². The molecule has 1 aliphatic heterocycles. The number of thioether (sulfide) groups is 1. The number of H-pyrrole nitrogens is 1. The first-order valence-corrected chi connectivity index (χ1v) is 11.9. The lowest BCUT2D eigenvalue weighted by Gasteiger charge is -2.29. The van der Waals surface area contributed by atoms with Crippen molar-refractivity contribution in [3.63, 3.8) is 0 Å². The minimum atomic E-state index is -0.593. The maximum absolute atomic E-state index is 13.5. The van der Waals surface area contributed by atoms with E-state index in [1.54, 1.807) is 24.9 Å². The van der Waals surface area contributed by atoms with Crippen LogP contribution in [0.1, 0.15) is 39.4 Å². The Labute approximate surface area is 194 Å². The number of nitrogens with one attached hydrogen (secondary N) is 2. The third-order valence-electron chi connectivity index (χ3n) is 6.19. The second kappa shape index (κ2) is 8.53. The highest BCUT2D eigenvalue weighted by molar-refractivity contribution is 7.98. The fourth-order valence-corrected chi connectivity index (χ4v) is 5.08. The Morgan fingerprint density at radius 2 is 1.76 bits per heavy atom. The van der Waals surface area contributed by atoms with Crippen molar-refractivity contribution in [3.05, 3.63) is 97.2 Å². The van der Waals surface area contributed by atoms with E-state index in [4.69, 9.17) is 4.74 Å². The second-order valence-corrected chi connectivity index (χ2v) is 8.89. The molecule has 0 unspecified atom stereocenters. The molecule has 0 radical (unpaired) electrons. The molecule has 2 heterocycles. The van der Waals surface area contributed by atoms with E-state index in [0.717, 1.165) is 16.0 Å². The first-order valence-electron chi connectivity index (χ1n) is 10.7. The topological polar surface area (TPSA) is 93.2 Å². The highest BCUT2D eigenvalue weighted by Crippen LogP contribution is 2.47. The van der Waals surface area contributed by atoms with Gasteiger partial charge in [0.2, 0.25) is 0 Å². The highest BCUT2D eigenvalue weighted by atomic mass is 32.2. The molecule has 1 atom stereocenters. The second-order valence-electron chi connectivity index (χ2n) is 8.01. The van der Waals surface area contributed by atoms with Gasteiger partial charge < -0.3 is 10.1 Å². The van der Waals surface area contributed by atoms with Crippen LogP contribution in [0.2, 0.25) is 0 Å². The highest BCUT2D eigenvalue weighted by Gasteiger charge is 2.42. The molecular weight excluding hydrogens is 438 g/mol.